The standard InChI is InChI=1S/C39H26O4/c1-3-35(40)42-29-19-15-27(16-20-29)39(28-17-21-30(22-18-28)43-36(41)4-2)34-24-14-25-9-5-7-11-31(25)37(34)33-23-13-26-10-6-8-12-32(26)38(33)39/h3-24H,1-2H2. The summed E-state index contributed by atoms with van der Waals surface area (Å²) in [7, 11) is 0. The Labute approximate surface area is 249 Å². The van der Waals surface area contributed by atoms with Crippen LogP contribution >= 0.6 is 0 Å². The van der Waals surface area contributed by atoms with Crippen LogP contribution in [0, 0.1) is 0 Å². The first-order chi connectivity index (χ1) is 21.0. The van der Waals surface area contributed by atoms with Crippen LogP contribution in [0.2, 0.25) is 0 Å². The van der Waals surface area contributed by atoms with Gasteiger partial charge in [-0.15, -0.1) is 0 Å². The summed E-state index contributed by atoms with van der Waals surface area (Å²) in [5, 5.41) is 4.61. The molecule has 0 N–H and O–H groups in total. The number of rotatable bonds is 6. The molecule has 206 valence electrons. The van der Waals surface area contributed by atoms with E-state index in [0.29, 0.717) is 11.5 Å². The van der Waals surface area contributed by atoms with E-state index in [2.05, 4.69) is 86.0 Å². The van der Waals surface area contributed by atoms with Gasteiger partial charge in [0.05, 0.1) is 5.41 Å². The molecular formula is C39H26O4. The summed E-state index contributed by atoms with van der Waals surface area (Å²) in [6, 6.07) is 41.1. The summed E-state index contributed by atoms with van der Waals surface area (Å²) in [5.74, 6) is -0.155. The van der Waals surface area contributed by atoms with Crippen LogP contribution in [0.5, 0.6) is 11.5 Å². The third-order valence-corrected chi connectivity index (χ3v) is 8.25. The van der Waals surface area contributed by atoms with Crippen molar-refractivity contribution in [1.29, 1.82) is 0 Å². The first kappa shape index (κ1) is 26.2. The SMILES string of the molecule is C=CC(=O)Oc1ccc(C2(c3ccc(OC(=O)C=C)cc3)c3ccc4ccccc4c3-c3ccc4ccccc4c32)cc1. The molecule has 7 rings (SSSR count). The minimum Gasteiger partial charge on any atom is -0.423 e. The van der Waals surface area contributed by atoms with Crippen molar-refractivity contribution in [2.45, 2.75) is 5.41 Å². The number of carbonyl (C=O) groups is 2. The molecule has 0 spiro atoms. The van der Waals surface area contributed by atoms with Crippen molar-refractivity contribution in [2.75, 3.05) is 0 Å². The van der Waals surface area contributed by atoms with E-state index in [9.17, 15) is 9.59 Å². The van der Waals surface area contributed by atoms with Crippen LogP contribution in [0.3, 0.4) is 0 Å². The molecule has 0 heterocycles. The topological polar surface area (TPSA) is 52.6 Å². The number of fused-ring (bicyclic) bond motifs is 7. The summed E-state index contributed by atoms with van der Waals surface area (Å²) < 4.78 is 10.9. The molecule has 0 atom stereocenters. The molecule has 1 aliphatic rings. The molecule has 0 aromatic heterocycles. The van der Waals surface area contributed by atoms with Gasteiger partial charge in [0.1, 0.15) is 11.5 Å². The number of carbonyl (C=O) groups excluding carboxylic acids is 2. The lowest BCUT2D eigenvalue weighted by Crippen LogP contribution is -2.29. The number of benzene rings is 6. The van der Waals surface area contributed by atoms with Crippen molar-refractivity contribution in [1.82, 2.24) is 0 Å². The zero-order valence-electron chi connectivity index (χ0n) is 23.2. The van der Waals surface area contributed by atoms with Gasteiger partial charge in [-0.2, -0.15) is 0 Å². The van der Waals surface area contributed by atoms with E-state index in [1.54, 1.807) is 0 Å². The molecule has 6 aromatic carbocycles. The van der Waals surface area contributed by atoms with Gasteiger partial charge in [-0.3, -0.25) is 0 Å². The minimum absolute atomic E-state index is 0.436. The molecule has 0 aliphatic heterocycles. The van der Waals surface area contributed by atoms with Crippen LogP contribution in [0.4, 0.5) is 0 Å². The van der Waals surface area contributed by atoms with Crippen molar-refractivity contribution < 1.29 is 19.1 Å². The van der Waals surface area contributed by atoms with Crippen LogP contribution in [-0.4, -0.2) is 11.9 Å². The number of esters is 2. The lowest BCUT2D eigenvalue weighted by Gasteiger charge is -2.35. The van der Waals surface area contributed by atoms with Gasteiger partial charge in [0, 0.05) is 12.2 Å². The van der Waals surface area contributed by atoms with Crippen molar-refractivity contribution in [3.05, 3.63) is 169 Å². The summed E-state index contributed by atoms with van der Waals surface area (Å²) >= 11 is 0. The van der Waals surface area contributed by atoms with Gasteiger partial charge in [-0.25, -0.2) is 9.59 Å². The molecule has 0 fully saturated rings. The van der Waals surface area contributed by atoms with E-state index >= 15 is 0 Å². The Morgan fingerprint density at radius 1 is 0.558 bits per heavy atom. The van der Waals surface area contributed by atoms with E-state index in [4.69, 9.17) is 9.47 Å². The van der Waals surface area contributed by atoms with E-state index < -0.39 is 17.4 Å². The molecule has 4 heteroatoms. The summed E-state index contributed by atoms with van der Waals surface area (Å²) in [4.78, 5) is 23.9. The van der Waals surface area contributed by atoms with E-state index in [0.717, 1.165) is 50.6 Å². The largest absolute Gasteiger partial charge is 0.423 e. The van der Waals surface area contributed by atoms with Crippen LogP contribution in [0.1, 0.15) is 22.3 Å². The lowest BCUT2D eigenvalue weighted by atomic mass is 9.66. The maximum atomic E-state index is 12.0. The normalized spacial score (nSPS) is 12.7. The van der Waals surface area contributed by atoms with Gasteiger partial charge in [-0.05, 0) is 79.2 Å². The van der Waals surface area contributed by atoms with Crippen LogP contribution in [-0.2, 0) is 15.0 Å². The zero-order valence-corrected chi connectivity index (χ0v) is 23.2. The molecule has 4 nitrogen and oxygen atoms in total. The van der Waals surface area contributed by atoms with Gasteiger partial charge < -0.3 is 9.47 Å². The molecule has 0 unspecified atom stereocenters. The number of hydrogen-bond donors (Lipinski definition) is 0. The molecular weight excluding hydrogens is 532 g/mol. The fourth-order valence-corrected chi connectivity index (χ4v) is 6.52. The minimum atomic E-state index is -0.739. The molecule has 6 aromatic rings. The first-order valence-electron chi connectivity index (χ1n) is 14.0. The number of ether oxygens (including phenoxy) is 2. The van der Waals surface area contributed by atoms with Gasteiger partial charge in [0.15, 0.2) is 0 Å². The Bertz CT molecular complexity index is 2020. The fourth-order valence-electron chi connectivity index (χ4n) is 6.52. The molecule has 1 aliphatic carbocycles. The Morgan fingerprint density at radius 3 is 1.60 bits per heavy atom. The molecule has 0 saturated carbocycles. The molecule has 0 bridgehead atoms. The quantitative estimate of drug-likeness (QED) is 0.117. The predicted octanol–water partition coefficient (Wildman–Crippen LogP) is 8.54. The highest BCUT2D eigenvalue weighted by Gasteiger charge is 2.47. The molecule has 0 radical (unpaired) electrons. The van der Waals surface area contributed by atoms with Crippen molar-refractivity contribution in [3.63, 3.8) is 0 Å². The van der Waals surface area contributed by atoms with Crippen molar-refractivity contribution in [3.8, 4) is 22.6 Å². The van der Waals surface area contributed by atoms with Crippen molar-refractivity contribution in [2.24, 2.45) is 0 Å². The second-order valence-electron chi connectivity index (χ2n) is 10.5. The van der Waals surface area contributed by atoms with Gasteiger partial charge in [0.25, 0.3) is 0 Å². The van der Waals surface area contributed by atoms with Gasteiger partial charge >= 0.3 is 11.9 Å². The highest BCUT2D eigenvalue weighted by molar-refractivity contribution is 6.08. The average molecular weight is 559 g/mol. The predicted molar refractivity (Wildman–Crippen MR) is 170 cm³/mol. The third kappa shape index (κ3) is 4.07. The lowest BCUT2D eigenvalue weighted by molar-refractivity contribution is -0.129. The fraction of sp³-hybridized carbons (Fsp3) is 0.0256. The van der Waals surface area contributed by atoms with Crippen molar-refractivity contribution >= 4 is 33.5 Å². The van der Waals surface area contributed by atoms with Crippen LogP contribution in [0.15, 0.2) is 147 Å². The average Bonchev–Trinajstić information content (AvgIpc) is 3.37. The van der Waals surface area contributed by atoms with Crippen LogP contribution in [0.25, 0.3) is 32.7 Å². The number of hydrogen-bond acceptors (Lipinski definition) is 4. The Kier molecular flexibility index (Phi) is 6.25. The second kappa shape index (κ2) is 10.3. The highest BCUT2D eigenvalue weighted by Crippen LogP contribution is 2.59. The van der Waals surface area contributed by atoms with E-state index in [1.807, 2.05) is 48.5 Å². The maximum Gasteiger partial charge on any atom is 0.335 e. The Balaban J connectivity index is 1.59. The summed E-state index contributed by atoms with van der Waals surface area (Å²) in [5.41, 5.74) is 5.94. The molecule has 43 heavy (non-hydrogen) atoms. The monoisotopic (exact) mass is 558 g/mol. The zero-order chi connectivity index (χ0) is 29.6. The van der Waals surface area contributed by atoms with Crippen LogP contribution < -0.4 is 9.47 Å². The maximum absolute atomic E-state index is 12.0. The van der Waals surface area contributed by atoms with E-state index in [-0.39, 0.29) is 0 Å². The summed E-state index contributed by atoms with van der Waals surface area (Å²) in [6.07, 6.45) is 2.30. The van der Waals surface area contributed by atoms with Gasteiger partial charge in [0.2, 0.25) is 0 Å². The summed E-state index contributed by atoms with van der Waals surface area (Å²) in [6.45, 7) is 7.02. The Hall–Kier alpha value is -5.74. The Morgan fingerprint density at radius 2 is 1.05 bits per heavy atom. The highest BCUT2D eigenvalue weighted by atomic mass is 16.5. The van der Waals surface area contributed by atoms with E-state index in [1.165, 1.54) is 16.5 Å². The molecule has 0 amide bonds. The van der Waals surface area contributed by atoms with Gasteiger partial charge in [-0.1, -0.05) is 110 Å². The smallest absolute Gasteiger partial charge is 0.335 e. The first-order valence-corrected chi connectivity index (χ1v) is 14.0. The second-order valence-corrected chi connectivity index (χ2v) is 10.5. The third-order valence-electron chi connectivity index (χ3n) is 8.25. The molecule has 0 saturated heterocycles.